The molecule has 0 atom stereocenters. The number of hydrogen-bond acceptors (Lipinski definition) is 3. The van der Waals surface area contributed by atoms with Crippen LogP contribution >= 0.6 is 12.2 Å². The van der Waals surface area contributed by atoms with E-state index in [0.29, 0.717) is 11.3 Å². The Bertz CT molecular complexity index is 659. The average molecular weight is 312 g/mol. The van der Waals surface area contributed by atoms with Crippen LogP contribution in [0.5, 0.6) is 5.75 Å². The van der Waals surface area contributed by atoms with Crippen LogP contribution in [0.2, 0.25) is 0 Å². The first-order chi connectivity index (χ1) is 9.86. The fourth-order valence-corrected chi connectivity index (χ4v) is 1.74. The third-order valence-corrected chi connectivity index (χ3v) is 2.85. The molecule has 21 heavy (non-hydrogen) atoms. The molecule has 3 nitrogen and oxygen atoms in total. The number of pyridine rings is 1. The van der Waals surface area contributed by atoms with E-state index >= 15 is 0 Å². The fourth-order valence-electron chi connectivity index (χ4n) is 1.63. The Morgan fingerprint density at radius 3 is 2.67 bits per heavy atom. The van der Waals surface area contributed by atoms with Gasteiger partial charge in [-0.15, -0.1) is 0 Å². The van der Waals surface area contributed by atoms with Gasteiger partial charge in [0.2, 0.25) is 0 Å². The summed E-state index contributed by atoms with van der Waals surface area (Å²) in [5, 5.41) is 0. The molecule has 2 aromatic rings. The van der Waals surface area contributed by atoms with Crippen molar-refractivity contribution < 1.29 is 17.9 Å². The maximum Gasteiger partial charge on any atom is 0.416 e. The second-order valence-corrected chi connectivity index (χ2v) is 4.67. The van der Waals surface area contributed by atoms with Crippen molar-refractivity contribution in [3.05, 3.63) is 59.4 Å². The number of alkyl halides is 3. The Morgan fingerprint density at radius 2 is 2.00 bits per heavy atom. The van der Waals surface area contributed by atoms with Crippen LogP contribution in [0.4, 0.5) is 13.2 Å². The predicted octanol–water partition coefficient (Wildman–Crippen LogP) is 3.31. The van der Waals surface area contributed by atoms with Crippen LogP contribution in [0.3, 0.4) is 0 Å². The molecule has 1 heterocycles. The molecule has 7 heteroatoms. The molecule has 0 aliphatic rings. The van der Waals surface area contributed by atoms with E-state index in [9.17, 15) is 13.2 Å². The van der Waals surface area contributed by atoms with Gasteiger partial charge in [0.25, 0.3) is 0 Å². The molecular weight excluding hydrogens is 301 g/mol. The number of halogens is 3. The van der Waals surface area contributed by atoms with Crippen LogP contribution in [-0.2, 0) is 12.8 Å². The van der Waals surface area contributed by atoms with Gasteiger partial charge in [-0.05, 0) is 35.9 Å². The summed E-state index contributed by atoms with van der Waals surface area (Å²) in [5.41, 5.74) is 5.86. The molecule has 2 rings (SSSR count). The third kappa shape index (κ3) is 4.16. The number of hydrogen-bond donors (Lipinski definition) is 1. The van der Waals surface area contributed by atoms with Crippen LogP contribution in [0.25, 0.3) is 0 Å². The first-order valence-electron chi connectivity index (χ1n) is 5.91. The van der Waals surface area contributed by atoms with Crippen molar-refractivity contribution in [2.24, 2.45) is 5.73 Å². The lowest BCUT2D eigenvalue weighted by atomic mass is 10.2. The fraction of sp³-hybridized carbons (Fsp3) is 0.143. The molecule has 0 aliphatic heterocycles. The normalized spacial score (nSPS) is 11.2. The lowest BCUT2D eigenvalue weighted by molar-refractivity contribution is -0.137. The molecule has 0 radical (unpaired) electrons. The highest BCUT2D eigenvalue weighted by molar-refractivity contribution is 7.80. The van der Waals surface area contributed by atoms with Gasteiger partial charge in [-0.2, -0.15) is 13.2 Å². The van der Waals surface area contributed by atoms with E-state index in [1.54, 1.807) is 12.1 Å². The Balaban J connectivity index is 2.10. The van der Waals surface area contributed by atoms with E-state index in [1.807, 2.05) is 0 Å². The number of nitrogens with zero attached hydrogens (tertiary/aromatic N) is 1. The van der Waals surface area contributed by atoms with Gasteiger partial charge in [-0.25, -0.2) is 0 Å². The lowest BCUT2D eigenvalue weighted by Crippen LogP contribution is -2.12. The molecule has 0 saturated carbocycles. The molecule has 1 aromatic heterocycles. The molecule has 0 spiro atoms. The van der Waals surface area contributed by atoms with Gasteiger partial charge >= 0.3 is 6.18 Å². The summed E-state index contributed by atoms with van der Waals surface area (Å²) < 4.78 is 43.1. The minimum absolute atomic E-state index is 0.0967. The SMILES string of the molecule is NC(=S)c1cc(COc2cccc(C(F)(F)F)c2)ccn1. The molecular formula is C14H11F3N2OS. The van der Waals surface area contributed by atoms with Crippen LogP contribution in [-0.4, -0.2) is 9.97 Å². The average Bonchev–Trinajstić information content (AvgIpc) is 2.45. The predicted molar refractivity (Wildman–Crippen MR) is 75.9 cm³/mol. The summed E-state index contributed by atoms with van der Waals surface area (Å²) >= 11 is 4.81. The molecule has 2 N–H and O–H groups in total. The first kappa shape index (κ1) is 15.2. The van der Waals surface area contributed by atoms with E-state index in [0.717, 1.165) is 12.1 Å². The third-order valence-electron chi connectivity index (χ3n) is 2.64. The number of ether oxygens (including phenoxy) is 1. The molecule has 0 bridgehead atoms. The lowest BCUT2D eigenvalue weighted by Gasteiger charge is -2.10. The van der Waals surface area contributed by atoms with E-state index in [-0.39, 0.29) is 17.3 Å². The van der Waals surface area contributed by atoms with Gasteiger partial charge in [0, 0.05) is 6.20 Å². The molecule has 0 amide bonds. The summed E-state index contributed by atoms with van der Waals surface area (Å²) in [4.78, 5) is 4.12. The Hall–Kier alpha value is -2.15. The summed E-state index contributed by atoms with van der Waals surface area (Å²) in [6, 6.07) is 8.02. The summed E-state index contributed by atoms with van der Waals surface area (Å²) in [5.74, 6) is 0.138. The number of aromatic nitrogens is 1. The zero-order valence-corrected chi connectivity index (χ0v) is 11.5. The number of thiocarbonyl (C=S) groups is 1. The maximum absolute atomic E-state index is 12.6. The topological polar surface area (TPSA) is 48.1 Å². The van der Waals surface area contributed by atoms with Gasteiger partial charge in [0.1, 0.15) is 17.3 Å². The van der Waals surface area contributed by atoms with Crippen LogP contribution in [0.1, 0.15) is 16.8 Å². The monoisotopic (exact) mass is 312 g/mol. The summed E-state index contributed by atoms with van der Waals surface area (Å²) in [6.45, 7) is 0.0967. The van der Waals surface area contributed by atoms with Crippen molar-refractivity contribution >= 4 is 17.2 Å². The van der Waals surface area contributed by atoms with Crippen molar-refractivity contribution in [2.75, 3.05) is 0 Å². The van der Waals surface area contributed by atoms with E-state index in [4.69, 9.17) is 22.7 Å². The van der Waals surface area contributed by atoms with Crippen molar-refractivity contribution in [3.8, 4) is 5.75 Å². The minimum Gasteiger partial charge on any atom is -0.489 e. The zero-order valence-electron chi connectivity index (χ0n) is 10.7. The summed E-state index contributed by atoms with van der Waals surface area (Å²) in [6.07, 6.45) is -2.88. The smallest absolute Gasteiger partial charge is 0.416 e. The van der Waals surface area contributed by atoms with Gasteiger partial charge < -0.3 is 10.5 Å². The summed E-state index contributed by atoms with van der Waals surface area (Å²) in [7, 11) is 0. The van der Waals surface area contributed by atoms with Crippen LogP contribution in [0, 0.1) is 0 Å². The zero-order chi connectivity index (χ0) is 15.5. The van der Waals surface area contributed by atoms with Crippen molar-refractivity contribution in [2.45, 2.75) is 12.8 Å². The second-order valence-electron chi connectivity index (χ2n) is 4.23. The van der Waals surface area contributed by atoms with E-state index in [1.165, 1.54) is 18.3 Å². The van der Waals surface area contributed by atoms with E-state index in [2.05, 4.69) is 4.98 Å². The standard InChI is InChI=1S/C14H11F3N2OS/c15-14(16,17)10-2-1-3-11(7-10)20-8-9-4-5-19-12(6-9)13(18)21/h1-7H,8H2,(H2,18,21). The highest BCUT2D eigenvalue weighted by Gasteiger charge is 2.30. The highest BCUT2D eigenvalue weighted by Crippen LogP contribution is 2.31. The first-order valence-corrected chi connectivity index (χ1v) is 6.32. The number of rotatable bonds is 4. The maximum atomic E-state index is 12.6. The Morgan fingerprint density at radius 1 is 1.24 bits per heavy atom. The van der Waals surface area contributed by atoms with Gasteiger partial charge in [0.05, 0.1) is 11.3 Å². The van der Waals surface area contributed by atoms with Crippen molar-refractivity contribution in [3.63, 3.8) is 0 Å². The second kappa shape index (κ2) is 6.09. The number of benzene rings is 1. The van der Waals surface area contributed by atoms with Crippen LogP contribution < -0.4 is 10.5 Å². The highest BCUT2D eigenvalue weighted by atomic mass is 32.1. The quantitative estimate of drug-likeness (QED) is 0.880. The molecule has 0 saturated heterocycles. The molecule has 0 unspecified atom stereocenters. The van der Waals surface area contributed by atoms with Crippen molar-refractivity contribution in [1.29, 1.82) is 0 Å². The van der Waals surface area contributed by atoms with Gasteiger partial charge in [-0.1, -0.05) is 18.3 Å². The van der Waals surface area contributed by atoms with Gasteiger partial charge in [-0.3, -0.25) is 4.98 Å². The number of nitrogens with two attached hydrogens (primary N) is 1. The Labute approximate surface area is 124 Å². The van der Waals surface area contributed by atoms with Crippen LogP contribution in [0.15, 0.2) is 42.6 Å². The molecule has 1 aromatic carbocycles. The molecule has 0 fully saturated rings. The van der Waals surface area contributed by atoms with E-state index < -0.39 is 11.7 Å². The van der Waals surface area contributed by atoms with Gasteiger partial charge in [0.15, 0.2) is 0 Å². The molecule has 0 aliphatic carbocycles. The molecule has 110 valence electrons. The Kier molecular flexibility index (Phi) is 4.42. The minimum atomic E-state index is -4.39. The van der Waals surface area contributed by atoms with Crippen molar-refractivity contribution in [1.82, 2.24) is 4.98 Å². The largest absolute Gasteiger partial charge is 0.489 e.